The van der Waals surface area contributed by atoms with Gasteiger partial charge in [-0.1, -0.05) is 0 Å². The Labute approximate surface area is 84.1 Å². The van der Waals surface area contributed by atoms with Gasteiger partial charge < -0.3 is 0 Å². The van der Waals surface area contributed by atoms with Crippen LogP contribution >= 0.6 is 0 Å². The first-order valence-electron chi connectivity index (χ1n) is 4.55. The molecule has 0 saturated heterocycles. The van der Waals surface area contributed by atoms with Crippen LogP contribution in [0.15, 0.2) is 12.1 Å². The summed E-state index contributed by atoms with van der Waals surface area (Å²) in [4.78, 5) is 14.3. The number of alkyl halides is 3. The van der Waals surface area contributed by atoms with Crippen molar-refractivity contribution < 1.29 is 18.0 Å². The van der Waals surface area contributed by atoms with E-state index in [1.54, 1.807) is 0 Å². The van der Waals surface area contributed by atoms with E-state index in [1.807, 2.05) is 0 Å². The van der Waals surface area contributed by atoms with E-state index >= 15 is 0 Å². The summed E-state index contributed by atoms with van der Waals surface area (Å²) in [6, 6.07) is 1.81. The van der Waals surface area contributed by atoms with Gasteiger partial charge in [-0.2, -0.15) is 13.2 Å². The molecule has 15 heavy (non-hydrogen) atoms. The molecular weight excluding hydrogens is 207 g/mol. The smallest absolute Gasteiger partial charge is 0.296 e. The highest BCUT2D eigenvalue weighted by Gasteiger charge is 2.34. The number of nitrogens with zero attached hydrogens (tertiary/aromatic N) is 1. The van der Waals surface area contributed by atoms with E-state index in [0.717, 1.165) is 25.0 Å². The first-order valence-corrected chi connectivity index (χ1v) is 4.55. The van der Waals surface area contributed by atoms with Crippen molar-refractivity contribution in [3.05, 3.63) is 29.1 Å². The van der Waals surface area contributed by atoms with E-state index in [1.165, 1.54) is 0 Å². The lowest BCUT2D eigenvalue weighted by molar-refractivity contribution is -0.137. The molecule has 80 valence electrons. The Morgan fingerprint density at radius 3 is 2.47 bits per heavy atom. The van der Waals surface area contributed by atoms with Crippen LogP contribution < -0.4 is 0 Å². The monoisotopic (exact) mass is 215 g/mol. The van der Waals surface area contributed by atoms with E-state index in [9.17, 15) is 18.0 Å². The highest BCUT2D eigenvalue weighted by atomic mass is 19.4. The van der Waals surface area contributed by atoms with Gasteiger partial charge in [0.25, 0.3) is 0 Å². The summed E-state index contributed by atoms with van der Waals surface area (Å²) in [7, 11) is 0. The molecule has 0 bridgehead atoms. The van der Waals surface area contributed by atoms with Crippen LogP contribution in [0.4, 0.5) is 13.2 Å². The molecule has 0 atom stereocenters. The van der Waals surface area contributed by atoms with Crippen LogP contribution in [-0.2, 0) is 6.18 Å². The van der Waals surface area contributed by atoms with Gasteiger partial charge in [-0.25, -0.2) is 4.98 Å². The molecule has 1 heterocycles. The van der Waals surface area contributed by atoms with Crippen molar-refractivity contribution in [2.24, 2.45) is 0 Å². The molecule has 0 aliphatic heterocycles. The molecule has 0 N–H and O–H groups in total. The number of aromatic nitrogens is 1. The lowest BCUT2D eigenvalue weighted by atomic mass is 10.1. The Kier molecular flexibility index (Phi) is 2.25. The zero-order valence-corrected chi connectivity index (χ0v) is 7.71. The molecule has 0 unspecified atom stereocenters. The van der Waals surface area contributed by atoms with Gasteiger partial charge in [0.2, 0.25) is 0 Å². The summed E-state index contributed by atoms with van der Waals surface area (Å²) in [5.41, 5.74) is -0.555. The van der Waals surface area contributed by atoms with Crippen LogP contribution in [0.25, 0.3) is 0 Å². The quantitative estimate of drug-likeness (QED) is 0.710. The average Bonchev–Trinajstić information content (AvgIpc) is 2.99. The fourth-order valence-electron chi connectivity index (χ4n) is 1.39. The lowest BCUT2D eigenvalue weighted by Crippen LogP contribution is -2.08. The summed E-state index contributed by atoms with van der Waals surface area (Å²) in [5.74, 6) is 0.103. The fraction of sp³-hybridized carbons (Fsp3) is 0.400. The summed E-state index contributed by atoms with van der Waals surface area (Å²) < 4.78 is 37.3. The van der Waals surface area contributed by atoms with Gasteiger partial charge in [0.1, 0.15) is 5.69 Å². The van der Waals surface area contributed by atoms with Gasteiger partial charge in [0.05, 0.1) is 5.56 Å². The van der Waals surface area contributed by atoms with Crippen molar-refractivity contribution in [2.75, 3.05) is 0 Å². The summed E-state index contributed by atoms with van der Waals surface area (Å²) in [6.45, 7) is 0. The van der Waals surface area contributed by atoms with Crippen LogP contribution in [0.5, 0.6) is 0 Å². The van der Waals surface area contributed by atoms with Crippen LogP contribution in [0.3, 0.4) is 0 Å². The van der Waals surface area contributed by atoms with Gasteiger partial charge in [0.15, 0.2) is 6.29 Å². The molecule has 0 radical (unpaired) electrons. The third-order valence-electron chi connectivity index (χ3n) is 2.31. The summed E-state index contributed by atoms with van der Waals surface area (Å²) in [6.07, 6.45) is -2.36. The van der Waals surface area contributed by atoms with Crippen molar-refractivity contribution in [1.82, 2.24) is 4.98 Å². The molecule has 0 amide bonds. The van der Waals surface area contributed by atoms with Crippen LogP contribution in [0.1, 0.15) is 40.5 Å². The normalized spacial score (nSPS) is 16.5. The summed E-state index contributed by atoms with van der Waals surface area (Å²) >= 11 is 0. The van der Waals surface area contributed by atoms with Gasteiger partial charge in [-0.3, -0.25) is 4.79 Å². The molecule has 0 spiro atoms. The van der Waals surface area contributed by atoms with E-state index in [-0.39, 0.29) is 11.6 Å². The number of carbonyl (C=O) groups excluding carboxylic acids is 1. The number of carbonyl (C=O) groups is 1. The zero-order chi connectivity index (χ0) is 11.1. The first kappa shape index (κ1) is 10.1. The van der Waals surface area contributed by atoms with Crippen molar-refractivity contribution in [2.45, 2.75) is 24.9 Å². The average molecular weight is 215 g/mol. The Bertz CT molecular complexity index is 396. The van der Waals surface area contributed by atoms with Gasteiger partial charge in [-0.15, -0.1) is 0 Å². The van der Waals surface area contributed by atoms with E-state index in [2.05, 4.69) is 4.98 Å². The topological polar surface area (TPSA) is 30.0 Å². The minimum atomic E-state index is -4.41. The number of hydrogen-bond acceptors (Lipinski definition) is 2. The van der Waals surface area contributed by atoms with Gasteiger partial charge >= 0.3 is 6.18 Å². The third kappa shape index (κ3) is 2.16. The number of hydrogen-bond donors (Lipinski definition) is 0. The highest BCUT2D eigenvalue weighted by Crippen LogP contribution is 2.41. The maximum atomic E-state index is 12.4. The molecule has 1 aliphatic carbocycles. The second-order valence-electron chi connectivity index (χ2n) is 3.60. The Morgan fingerprint density at radius 2 is 2.00 bits per heavy atom. The molecular formula is C10H8F3NO. The fourth-order valence-corrected chi connectivity index (χ4v) is 1.39. The maximum Gasteiger partial charge on any atom is 0.416 e. The van der Waals surface area contributed by atoms with Gasteiger partial charge in [0, 0.05) is 11.6 Å². The number of aldehydes is 1. The molecule has 0 aromatic carbocycles. The molecule has 1 saturated carbocycles. The van der Waals surface area contributed by atoms with Crippen molar-refractivity contribution in [1.29, 1.82) is 0 Å². The number of halogens is 3. The molecule has 2 nitrogen and oxygen atoms in total. The SMILES string of the molecule is O=Cc1cc(C(F)(F)F)cc(C2CC2)n1. The predicted molar refractivity (Wildman–Crippen MR) is 46.6 cm³/mol. The first-order chi connectivity index (χ1) is 7.00. The van der Waals surface area contributed by atoms with Crippen molar-refractivity contribution >= 4 is 6.29 Å². The molecule has 2 rings (SSSR count). The van der Waals surface area contributed by atoms with Gasteiger partial charge in [-0.05, 0) is 25.0 Å². The third-order valence-corrected chi connectivity index (χ3v) is 2.31. The Morgan fingerprint density at radius 1 is 1.33 bits per heavy atom. The second-order valence-corrected chi connectivity index (χ2v) is 3.60. The molecule has 1 aliphatic rings. The van der Waals surface area contributed by atoms with Crippen LogP contribution in [0.2, 0.25) is 0 Å². The maximum absolute atomic E-state index is 12.4. The molecule has 5 heteroatoms. The minimum absolute atomic E-state index is 0.103. The minimum Gasteiger partial charge on any atom is -0.296 e. The zero-order valence-electron chi connectivity index (χ0n) is 7.71. The molecule has 1 aromatic rings. The highest BCUT2D eigenvalue weighted by molar-refractivity contribution is 5.72. The van der Waals surface area contributed by atoms with Crippen LogP contribution in [-0.4, -0.2) is 11.3 Å². The Balaban J connectivity index is 2.45. The predicted octanol–water partition coefficient (Wildman–Crippen LogP) is 2.79. The largest absolute Gasteiger partial charge is 0.416 e. The number of rotatable bonds is 2. The molecule has 1 fully saturated rings. The second kappa shape index (κ2) is 3.32. The van der Waals surface area contributed by atoms with Crippen molar-refractivity contribution in [3.63, 3.8) is 0 Å². The van der Waals surface area contributed by atoms with E-state index in [4.69, 9.17) is 0 Å². The Hall–Kier alpha value is -1.39. The lowest BCUT2D eigenvalue weighted by Gasteiger charge is -2.08. The standard InChI is InChI=1S/C10H8F3NO/c11-10(12,13)7-3-8(5-15)14-9(4-7)6-1-2-6/h3-6H,1-2H2. The van der Waals surface area contributed by atoms with E-state index in [0.29, 0.717) is 12.0 Å². The van der Waals surface area contributed by atoms with E-state index < -0.39 is 11.7 Å². The van der Waals surface area contributed by atoms with Crippen molar-refractivity contribution in [3.8, 4) is 0 Å². The van der Waals surface area contributed by atoms with Crippen LogP contribution in [0, 0.1) is 0 Å². The number of pyridine rings is 1. The summed E-state index contributed by atoms with van der Waals surface area (Å²) in [5, 5.41) is 0. The molecule has 1 aromatic heterocycles.